The molecule has 0 saturated heterocycles. The molecule has 1 amide bonds. The third kappa shape index (κ3) is 4.77. The van der Waals surface area contributed by atoms with Crippen LogP contribution in [-0.2, 0) is 14.3 Å². The lowest BCUT2D eigenvalue weighted by atomic mass is 9.76. The van der Waals surface area contributed by atoms with E-state index in [1.54, 1.807) is 36.6 Å². The highest BCUT2D eigenvalue weighted by Gasteiger charge is 2.43. The molecule has 3 N–H and O–H groups in total. The van der Waals surface area contributed by atoms with Crippen LogP contribution < -0.4 is 11.1 Å². The van der Waals surface area contributed by atoms with Crippen molar-refractivity contribution in [1.82, 2.24) is 29.7 Å². The van der Waals surface area contributed by atoms with Crippen LogP contribution in [0.4, 0.5) is 5.82 Å². The van der Waals surface area contributed by atoms with Gasteiger partial charge in [0.25, 0.3) is 5.91 Å². The van der Waals surface area contributed by atoms with E-state index in [0.29, 0.717) is 37.5 Å². The number of nitrogens with one attached hydrogen (secondary N) is 1. The fourth-order valence-electron chi connectivity index (χ4n) is 5.23. The maximum absolute atomic E-state index is 12.8. The number of amides is 1. The van der Waals surface area contributed by atoms with Crippen LogP contribution in [0.25, 0.3) is 22.5 Å². The molecule has 0 atom stereocenters. The lowest BCUT2D eigenvalue weighted by Crippen LogP contribution is -2.50. The van der Waals surface area contributed by atoms with Gasteiger partial charge in [0.1, 0.15) is 11.4 Å². The summed E-state index contributed by atoms with van der Waals surface area (Å²) in [7, 11) is 3.28. The predicted octanol–water partition coefficient (Wildman–Crippen LogP) is 3.69. The van der Waals surface area contributed by atoms with E-state index in [2.05, 4.69) is 15.5 Å². The molecule has 0 unspecified atom stereocenters. The van der Waals surface area contributed by atoms with Crippen LogP contribution in [0.3, 0.4) is 0 Å². The number of benzene rings is 1. The van der Waals surface area contributed by atoms with Crippen molar-refractivity contribution in [2.75, 3.05) is 39.4 Å². The normalized spacial score (nSPS) is 19.6. The summed E-state index contributed by atoms with van der Waals surface area (Å²) in [4.78, 5) is 18.9. The number of carbonyl (C=O) groups excluding carboxylic acids is 1. The van der Waals surface area contributed by atoms with E-state index in [4.69, 9.17) is 20.2 Å². The summed E-state index contributed by atoms with van der Waals surface area (Å²) in [6.45, 7) is 0.816. The molecule has 0 spiro atoms. The van der Waals surface area contributed by atoms with E-state index in [9.17, 15) is 4.79 Å². The molecule has 11 heteroatoms. The highest BCUT2D eigenvalue weighted by atomic mass is 32.2. The zero-order valence-electron chi connectivity index (χ0n) is 21.9. The summed E-state index contributed by atoms with van der Waals surface area (Å²) in [5.74, 6) is 0.621. The van der Waals surface area contributed by atoms with Gasteiger partial charge in [-0.3, -0.25) is 4.79 Å². The summed E-state index contributed by atoms with van der Waals surface area (Å²) in [6, 6.07) is 9.96. The van der Waals surface area contributed by atoms with Crippen molar-refractivity contribution in [2.45, 2.75) is 42.1 Å². The maximum Gasteiger partial charge on any atom is 0.251 e. The highest BCUT2D eigenvalue weighted by molar-refractivity contribution is 7.98. The van der Waals surface area contributed by atoms with Crippen LogP contribution in [-0.4, -0.2) is 69.5 Å². The number of methoxy groups -OCH3 is 1. The Labute approximate surface area is 225 Å². The Kier molecular flexibility index (Phi) is 7.68. The molecule has 5 rings (SSSR count). The number of nitrogens with zero attached hydrogens (tertiary/aromatic N) is 5. The van der Waals surface area contributed by atoms with Gasteiger partial charge in [-0.25, -0.2) is 9.67 Å². The molecule has 3 heterocycles. The number of rotatable bonds is 9. The summed E-state index contributed by atoms with van der Waals surface area (Å²) in [6.07, 6.45) is 10.3. The SMILES string of the molecule is CNC(=O)C1(OCCOC)CCC(c2nc3c(-c4cnn(-c5ccccc5)c4)cnn3c(N)c2SC)CC1. The van der Waals surface area contributed by atoms with Gasteiger partial charge in [-0.2, -0.15) is 14.7 Å². The molecule has 10 nitrogen and oxygen atoms in total. The number of hydrogen-bond acceptors (Lipinski definition) is 8. The average Bonchev–Trinajstić information content (AvgIpc) is 3.61. The minimum absolute atomic E-state index is 0.0893. The smallest absolute Gasteiger partial charge is 0.251 e. The lowest BCUT2D eigenvalue weighted by Gasteiger charge is -2.38. The monoisotopic (exact) mass is 535 g/mol. The molecule has 0 bridgehead atoms. The largest absolute Gasteiger partial charge is 0.383 e. The second kappa shape index (κ2) is 11.1. The Morgan fingerprint density at radius 2 is 1.95 bits per heavy atom. The zero-order valence-corrected chi connectivity index (χ0v) is 22.7. The molecule has 38 heavy (non-hydrogen) atoms. The molecular weight excluding hydrogens is 502 g/mol. The fourth-order valence-corrected chi connectivity index (χ4v) is 5.95. The van der Waals surface area contributed by atoms with Crippen molar-refractivity contribution in [2.24, 2.45) is 0 Å². The minimum atomic E-state index is -0.854. The lowest BCUT2D eigenvalue weighted by molar-refractivity contribution is -0.154. The Balaban J connectivity index is 1.47. The van der Waals surface area contributed by atoms with Crippen molar-refractivity contribution in [3.8, 4) is 16.8 Å². The fraction of sp³-hybridized carbons (Fsp3) is 0.407. The number of para-hydroxylation sites is 1. The number of fused-ring (bicyclic) bond motifs is 1. The van der Waals surface area contributed by atoms with E-state index >= 15 is 0 Å². The molecule has 1 aromatic carbocycles. The van der Waals surface area contributed by atoms with Gasteiger partial charge >= 0.3 is 0 Å². The topological polar surface area (TPSA) is 122 Å². The van der Waals surface area contributed by atoms with Gasteiger partial charge in [0, 0.05) is 37.4 Å². The number of nitrogens with two attached hydrogens (primary N) is 1. The van der Waals surface area contributed by atoms with Crippen molar-refractivity contribution < 1.29 is 14.3 Å². The summed E-state index contributed by atoms with van der Waals surface area (Å²) >= 11 is 1.57. The molecule has 4 aromatic rings. The molecule has 1 saturated carbocycles. The van der Waals surface area contributed by atoms with E-state index in [0.717, 1.165) is 40.2 Å². The van der Waals surface area contributed by atoms with Crippen LogP contribution in [0.5, 0.6) is 0 Å². The number of nitrogen functional groups attached to an aromatic ring is 1. The summed E-state index contributed by atoms with van der Waals surface area (Å²) in [5.41, 5.74) is 10.2. The first-order valence-corrected chi connectivity index (χ1v) is 13.9. The van der Waals surface area contributed by atoms with Gasteiger partial charge in [-0.05, 0) is 44.1 Å². The van der Waals surface area contributed by atoms with Gasteiger partial charge in [0.05, 0.1) is 41.9 Å². The van der Waals surface area contributed by atoms with Crippen LogP contribution in [0.1, 0.15) is 37.3 Å². The molecule has 3 aromatic heterocycles. The van der Waals surface area contributed by atoms with Crippen molar-refractivity contribution in [3.05, 3.63) is 54.6 Å². The Morgan fingerprint density at radius 3 is 2.63 bits per heavy atom. The quantitative estimate of drug-likeness (QED) is 0.246. The standard InChI is InChI=1S/C27H33N7O3S/c1-29-26(35)27(37-14-13-36-2)11-9-18(10-12-27)22-23(38-3)24(28)34-25(32-22)21(16-31-34)19-15-30-33(17-19)20-7-5-4-6-8-20/h4-8,15-18H,9-14,28H2,1-3H3,(H,29,35). The molecule has 1 aliphatic carbocycles. The minimum Gasteiger partial charge on any atom is -0.383 e. The number of likely N-dealkylation sites (N-methyl/N-ethyl adjacent to an activating group) is 1. The number of hydrogen-bond donors (Lipinski definition) is 2. The third-order valence-electron chi connectivity index (χ3n) is 7.27. The van der Waals surface area contributed by atoms with Gasteiger partial charge in [-0.1, -0.05) is 18.2 Å². The number of anilines is 1. The molecule has 0 aliphatic heterocycles. The number of carbonyl (C=O) groups is 1. The average molecular weight is 536 g/mol. The molecule has 1 fully saturated rings. The first-order chi connectivity index (χ1) is 18.5. The molecular formula is C27H33N7O3S. The van der Waals surface area contributed by atoms with Crippen LogP contribution in [0.2, 0.25) is 0 Å². The molecule has 0 radical (unpaired) electrons. The van der Waals surface area contributed by atoms with E-state index in [1.807, 2.05) is 53.7 Å². The van der Waals surface area contributed by atoms with Crippen LogP contribution in [0, 0.1) is 0 Å². The van der Waals surface area contributed by atoms with Gasteiger partial charge in [-0.15, -0.1) is 11.8 Å². The number of aromatic nitrogens is 5. The van der Waals surface area contributed by atoms with Crippen molar-refractivity contribution in [3.63, 3.8) is 0 Å². The first kappa shape index (κ1) is 26.2. The van der Waals surface area contributed by atoms with Crippen LogP contribution >= 0.6 is 11.8 Å². The van der Waals surface area contributed by atoms with Gasteiger partial charge in [0.15, 0.2) is 5.65 Å². The highest BCUT2D eigenvalue weighted by Crippen LogP contribution is 2.44. The van der Waals surface area contributed by atoms with Gasteiger partial charge < -0.3 is 20.5 Å². The number of ether oxygens (including phenoxy) is 2. The maximum atomic E-state index is 12.8. The predicted molar refractivity (Wildman–Crippen MR) is 148 cm³/mol. The van der Waals surface area contributed by atoms with E-state index < -0.39 is 5.60 Å². The van der Waals surface area contributed by atoms with E-state index in [1.165, 1.54) is 0 Å². The Hall–Kier alpha value is -3.41. The Morgan fingerprint density at radius 1 is 1.18 bits per heavy atom. The van der Waals surface area contributed by atoms with Gasteiger partial charge in [0.2, 0.25) is 0 Å². The first-order valence-electron chi connectivity index (χ1n) is 12.7. The number of thioether (sulfide) groups is 1. The molecule has 1 aliphatic rings. The second-order valence-corrected chi connectivity index (χ2v) is 10.2. The van der Waals surface area contributed by atoms with Crippen molar-refractivity contribution >= 4 is 29.1 Å². The van der Waals surface area contributed by atoms with E-state index in [-0.39, 0.29) is 11.8 Å². The summed E-state index contributed by atoms with van der Waals surface area (Å²) < 4.78 is 14.8. The second-order valence-electron chi connectivity index (χ2n) is 9.41. The molecule has 200 valence electrons. The third-order valence-corrected chi connectivity index (χ3v) is 8.10. The summed E-state index contributed by atoms with van der Waals surface area (Å²) in [5, 5.41) is 11.9. The zero-order chi connectivity index (χ0) is 26.7. The van der Waals surface area contributed by atoms with Crippen LogP contribution in [0.15, 0.2) is 53.8 Å². The Bertz CT molecular complexity index is 1410. The van der Waals surface area contributed by atoms with Crippen molar-refractivity contribution in [1.29, 1.82) is 0 Å².